The molecule has 0 aliphatic heterocycles. The van der Waals surface area contributed by atoms with Gasteiger partial charge in [-0.3, -0.25) is 10.2 Å². The average molecular weight is 266 g/mol. The number of hydrogen-bond donors (Lipinski definition) is 2. The molecule has 0 saturated heterocycles. The maximum atomic E-state index is 4.21. The van der Waals surface area contributed by atoms with Gasteiger partial charge in [-0.1, -0.05) is 0 Å². The van der Waals surface area contributed by atoms with Gasteiger partial charge in [0, 0.05) is 24.8 Å². The molecule has 4 aromatic heterocycles. The summed E-state index contributed by atoms with van der Waals surface area (Å²) in [6.45, 7) is 0. The van der Waals surface area contributed by atoms with E-state index in [1.54, 1.807) is 34.2 Å². The van der Waals surface area contributed by atoms with Crippen LogP contribution in [-0.2, 0) is 0 Å². The van der Waals surface area contributed by atoms with E-state index in [1.807, 2.05) is 24.5 Å². The summed E-state index contributed by atoms with van der Waals surface area (Å²) in [5, 5.41) is 22.5. The van der Waals surface area contributed by atoms with Gasteiger partial charge in [0.1, 0.15) is 0 Å². The molecule has 8 nitrogen and oxygen atoms in total. The van der Waals surface area contributed by atoms with Crippen molar-refractivity contribution < 1.29 is 0 Å². The molecule has 0 bridgehead atoms. The molecule has 8 heteroatoms. The quantitative estimate of drug-likeness (QED) is 0.582. The van der Waals surface area contributed by atoms with E-state index in [4.69, 9.17) is 0 Å². The van der Waals surface area contributed by atoms with Crippen LogP contribution in [0.1, 0.15) is 0 Å². The summed E-state index contributed by atoms with van der Waals surface area (Å²) in [5.41, 5.74) is 1.79. The molecule has 0 radical (unpaired) electrons. The van der Waals surface area contributed by atoms with Gasteiger partial charge < -0.3 is 0 Å². The summed E-state index contributed by atoms with van der Waals surface area (Å²) in [4.78, 5) is 0. The molecule has 4 heterocycles. The van der Waals surface area contributed by atoms with E-state index in [0.29, 0.717) is 0 Å². The summed E-state index contributed by atoms with van der Waals surface area (Å²) in [7, 11) is 0. The molecule has 0 spiro atoms. The Balaban J connectivity index is 1.88. The van der Waals surface area contributed by atoms with E-state index in [9.17, 15) is 0 Å². The van der Waals surface area contributed by atoms with Crippen LogP contribution in [0.2, 0.25) is 0 Å². The van der Waals surface area contributed by atoms with E-state index < -0.39 is 0 Å². The minimum absolute atomic E-state index is 0.782. The zero-order valence-corrected chi connectivity index (χ0v) is 10.3. The molecule has 2 N–H and O–H groups in total. The van der Waals surface area contributed by atoms with Gasteiger partial charge in [-0.15, -0.1) is 0 Å². The molecule has 0 unspecified atom stereocenters. The maximum absolute atomic E-state index is 4.21. The topological polar surface area (TPSA) is 93.0 Å². The van der Waals surface area contributed by atoms with Crippen LogP contribution >= 0.6 is 0 Å². The number of nitrogens with zero attached hydrogens (tertiary/aromatic N) is 6. The Labute approximate surface area is 113 Å². The zero-order valence-electron chi connectivity index (χ0n) is 10.3. The monoisotopic (exact) mass is 266 g/mol. The maximum Gasteiger partial charge on any atom is 0.157 e. The molecule has 98 valence electrons. The third kappa shape index (κ3) is 1.55. The number of nitrogens with one attached hydrogen (secondary N) is 2. The van der Waals surface area contributed by atoms with Crippen LogP contribution in [0.3, 0.4) is 0 Å². The number of aromatic nitrogens is 8. The lowest BCUT2D eigenvalue weighted by atomic mass is 10.2. The van der Waals surface area contributed by atoms with Crippen LogP contribution in [0.5, 0.6) is 0 Å². The molecular formula is C12H10N8. The SMILES string of the molecule is c1cnn(-c2[nH]ncc2-c2cn[nH]c2-n2cccn2)c1. The molecule has 0 aliphatic rings. The van der Waals surface area contributed by atoms with Crippen molar-refractivity contribution in [3.05, 3.63) is 49.3 Å². The minimum Gasteiger partial charge on any atom is -0.261 e. The van der Waals surface area contributed by atoms with Gasteiger partial charge in [0.05, 0.1) is 23.5 Å². The van der Waals surface area contributed by atoms with Gasteiger partial charge >= 0.3 is 0 Å². The van der Waals surface area contributed by atoms with E-state index in [2.05, 4.69) is 30.6 Å². The summed E-state index contributed by atoms with van der Waals surface area (Å²) < 4.78 is 3.45. The Morgan fingerprint density at radius 2 is 1.25 bits per heavy atom. The fraction of sp³-hybridized carbons (Fsp3) is 0. The van der Waals surface area contributed by atoms with Crippen molar-refractivity contribution in [2.45, 2.75) is 0 Å². The van der Waals surface area contributed by atoms with E-state index >= 15 is 0 Å². The second kappa shape index (κ2) is 4.19. The summed E-state index contributed by atoms with van der Waals surface area (Å²) in [6.07, 6.45) is 10.6. The second-order valence-corrected chi connectivity index (χ2v) is 4.17. The third-order valence-electron chi connectivity index (χ3n) is 3.00. The lowest BCUT2D eigenvalue weighted by molar-refractivity contribution is 0.831. The lowest BCUT2D eigenvalue weighted by Crippen LogP contribution is -2.00. The highest BCUT2D eigenvalue weighted by Crippen LogP contribution is 2.28. The Kier molecular flexibility index (Phi) is 2.25. The molecule has 0 aliphatic carbocycles. The van der Waals surface area contributed by atoms with E-state index in [1.165, 1.54) is 0 Å². The van der Waals surface area contributed by atoms with Crippen LogP contribution in [0.4, 0.5) is 0 Å². The minimum atomic E-state index is 0.782. The van der Waals surface area contributed by atoms with Gasteiger partial charge in [0.15, 0.2) is 11.6 Å². The Morgan fingerprint density at radius 3 is 1.65 bits per heavy atom. The van der Waals surface area contributed by atoms with Gasteiger partial charge in [-0.25, -0.2) is 9.36 Å². The van der Waals surface area contributed by atoms with Crippen LogP contribution in [0.25, 0.3) is 22.8 Å². The normalized spacial score (nSPS) is 11.0. The molecule has 20 heavy (non-hydrogen) atoms. The van der Waals surface area contributed by atoms with Gasteiger partial charge in [0.2, 0.25) is 0 Å². The van der Waals surface area contributed by atoms with Gasteiger partial charge in [0.25, 0.3) is 0 Å². The van der Waals surface area contributed by atoms with Crippen molar-refractivity contribution >= 4 is 0 Å². The first-order valence-electron chi connectivity index (χ1n) is 6.00. The van der Waals surface area contributed by atoms with Crippen LogP contribution < -0.4 is 0 Å². The van der Waals surface area contributed by atoms with Crippen LogP contribution in [0, 0.1) is 0 Å². The van der Waals surface area contributed by atoms with Gasteiger partial charge in [-0.05, 0) is 12.1 Å². The van der Waals surface area contributed by atoms with Crippen molar-refractivity contribution in [3.63, 3.8) is 0 Å². The van der Waals surface area contributed by atoms with E-state index in [-0.39, 0.29) is 0 Å². The number of rotatable bonds is 3. The molecular weight excluding hydrogens is 256 g/mol. The molecule has 0 saturated carbocycles. The Morgan fingerprint density at radius 1 is 0.750 bits per heavy atom. The smallest absolute Gasteiger partial charge is 0.157 e. The first kappa shape index (κ1) is 10.7. The molecule has 0 fully saturated rings. The standard InChI is InChI=1S/C12H10N8/c1-3-15-19(5-1)11-9(7-13-17-11)10-8-14-18-12(10)20-6-2-4-16-20/h1-8H,(H,13,17)(H,14,18). The summed E-state index contributed by atoms with van der Waals surface area (Å²) >= 11 is 0. The molecule has 0 atom stereocenters. The highest BCUT2D eigenvalue weighted by molar-refractivity contribution is 5.75. The number of hydrogen-bond acceptors (Lipinski definition) is 4. The molecule has 0 aromatic carbocycles. The van der Waals surface area contributed by atoms with Crippen molar-refractivity contribution in [1.29, 1.82) is 0 Å². The van der Waals surface area contributed by atoms with Crippen molar-refractivity contribution in [2.75, 3.05) is 0 Å². The summed E-state index contributed by atoms with van der Waals surface area (Å²) in [5.74, 6) is 1.56. The summed E-state index contributed by atoms with van der Waals surface area (Å²) in [6, 6.07) is 3.71. The highest BCUT2D eigenvalue weighted by atomic mass is 15.4. The first-order valence-corrected chi connectivity index (χ1v) is 6.00. The Hall–Kier alpha value is -3.16. The highest BCUT2D eigenvalue weighted by Gasteiger charge is 2.16. The largest absolute Gasteiger partial charge is 0.261 e. The van der Waals surface area contributed by atoms with Crippen LogP contribution in [0.15, 0.2) is 49.3 Å². The van der Waals surface area contributed by atoms with Crippen LogP contribution in [-0.4, -0.2) is 40.0 Å². The number of aromatic amines is 2. The lowest BCUT2D eigenvalue weighted by Gasteiger charge is -2.04. The predicted molar refractivity (Wildman–Crippen MR) is 70.4 cm³/mol. The van der Waals surface area contributed by atoms with E-state index in [0.717, 1.165) is 22.8 Å². The molecule has 4 aromatic rings. The predicted octanol–water partition coefficient (Wildman–Crippen LogP) is 1.17. The molecule has 4 rings (SSSR count). The van der Waals surface area contributed by atoms with Crippen molar-refractivity contribution in [3.8, 4) is 22.8 Å². The molecule has 0 amide bonds. The fourth-order valence-electron chi connectivity index (χ4n) is 2.10. The zero-order chi connectivity index (χ0) is 13.4. The Bertz CT molecular complexity index is 735. The van der Waals surface area contributed by atoms with Crippen molar-refractivity contribution in [1.82, 2.24) is 40.0 Å². The van der Waals surface area contributed by atoms with Gasteiger partial charge in [-0.2, -0.15) is 20.4 Å². The number of H-pyrrole nitrogens is 2. The average Bonchev–Trinajstić information content (AvgIpc) is 3.23. The second-order valence-electron chi connectivity index (χ2n) is 4.17. The fourth-order valence-corrected chi connectivity index (χ4v) is 2.10. The third-order valence-corrected chi connectivity index (χ3v) is 3.00. The first-order chi connectivity index (χ1) is 9.93. The van der Waals surface area contributed by atoms with Crippen molar-refractivity contribution in [2.24, 2.45) is 0 Å².